The van der Waals surface area contributed by atoms with Crippen molar-refractivity contribution in [1.29, 1.82) is 0 Å². The maximum absolute atomic E-state index is 11.4. The SMILES string of the molecule is COC(=O)N(C(=O)OC)c1ccc2cc1-2.O[B]O. The van der Waals surface area contributed by atoms with Crippen molar-refractivity contribution < 1.29 is 29.1 Å². The molecule has 18 heavy (non-hydrogen) atoms. The molecule has 0 heterocycles. The molecule has 1 radical (unpaired) electrons. The maximum Gasteiger partial charge on any atom is 0.482 e. The van der Waals surface area contributed by atoms with Gasteiger partial charge in [0, 0.05) is 5.56 Å². The van der Waals surface area contributed by atoms with Gasteiger partial charge in [-0.15, -0.1) is 0 Å². The van der Waals surface area contributed by atoms with Gasteiger partial charge in [0.05, 0.1) is 19.9 Å². The fourth-order valence-corrected chi connectivity index (χ4v) is 1.39. The number of anilines is 1. The smallest absolute Gasteiger partial charge is 0.452 e. The van der Waals surface area contributed by atoms with Crippen molar-refractivity contribution >= 4 is 25.6 Å². The first-order valence-corrected chi connectivity index (χ1v) is 4.81. The third kappa shape index (κ3) is 2.79. The molecule has 0 unspecified atom stereocenters. The Hall–Kier alpha value is -2.06. The van der Waals surface area contributed by atoms with Gasteiger partial charge < -0.3 is 19.5 Å². The molecular weight excluding hydrogens is 241 g/mol. The van der Waals surface area contributed by atoms with Crippen LogP contribution >= 0.6 is 0 Å². The Morgan fingerprint density at radius 3 is 1.94 bits per heavy atom. The van der Waals surface area contributed by atoms with E-state index in [4.69, 9.17) is 10.0 Å². The standard InChI is InChI=1S/C10H9NO4.BH2O2/c1-14-9(12)11(10(13)15-2)8-4-3-6-5-7(6)8;2-1-3/h3-5H,1-2H3;2-3H. The Bertz CT molecular complexity index is 448. The summed E-state index contributed by atoms with van der Waals surface area (Å²) in [6, 6.07) is 5.37. The van der Waals surface area contributed by atoms with Crippen LogP contribution in [0.5, 0.6) is 0 Å². The first kappa shape index (κ1) is 14.0. The van der Waals surface area contributed by atoms with Crippen LogP contribution in [-0.2, 0) is 9.47 Å². The van der Waals surface area contributed by atoms with Crippen LogP contribution in [0.4, 0.5) is 15.3 Å². The van der Waals surface area contributed by atoms with E-state index in [-0.39, 0.29) is 7.69 Å². The average Bonchev–Trinajstić information content (AvgIpc) is 3.04. The summed E-state index contributed by atoms with van der Waals surface area (Å²) in [5, 5.41) is 14.0. The summed E-state index contributed by atoms with van der Waals surface area (Å²) in [5.41, 5.74) is 2.41. The Kier molecular flexibility index (Phi) is 4.70. The molecule has 0 aromatic rings. The number of benzene rings is 1. The van der Waals surface area contributed by atoms with Gasteiger partial charge in [-0.2, -0.15) is 4.90 Å². The largest absolute Gasteiger partial charge is 0.482 e. The lowest BCUT2D eigenvalue weighted by molar-refractivity contribution is 0.159. The highest BCUT2D eigenvalue weighted by Gasteiger charge is 2.31. The fraction of sp³-hybridized carbons (Fsp3) is 0.200. The quantitative estimate of drug-likeness (QED) is 0.718. The molecule has 2 aliphatic carbocycles. The monoisotopic (exact) mass is 252 g/mol. The van der Waals surface area contributed by atoms with Crippen LogP contribution in [0.15, 0.2) is 18.2 Å². The first-order chi connectivity index (χ1) is 8.60. The zero-order valence-corrected chi connectivity index (χ0v) is 9.78. The number of hydrogen-bond donors (Lipinski definition) is 2. The minimum absolute atomic E-state index is 0. The van der Waals surface area contributed by atoms with E-state index in [2.05, 4.69) is 9.47 Å². The average molecular weight is 252 g/mol. The van der Waals surface area contributed by atoms with Crippen molar-refractivity contribution in [1.82, 2.24) is 0 Å². The molecule has 2 amide bonds. The van der Waals surface area contributed by atoms with E-state index in [1.165, 1.54) is 14.2 Å². The second-order valence-corrected chi connectivity index (χ2v) is 3.12. The van der Waals surface area contributed by atoms with Gasteiger partial charge in [-0.05, 0) is 17.7 Å². The maximum atomic E-state index is 11.4. The predicted octanol–water partition coefficient (Wildman–Crippen LogP) is 0.511. The zero-order chi connectivity index (χ0) is 13.7. The molecule has 95 valence electrons. The molecule has 0 spiro atoms. The van der Waals surface area contributed by atoms with Crippen molar-refractivity contribution in [2.45, 2.75) is 0 Å². The normalized spacial score (nSPS) is 9.56. The zero-order valence-electron chi connectivity index (χ0n) is 9.78. The Balaban J connectivity index is 0.000000492. The van der Waals surface area contributed by atoms with Crippen LogP contribution in [0.25, 0.3) is 11.1 Å². The molecule has 2 aliphatic rings. The fourth-order valence-electron chi connectivity index (χ4n) is 1.39. The number of carbonyl (C=O) groups excluding carboxylic acids is 2. The molecule has 0 saturated carbocycles. The van der Waals surface area contributed by atoms with E-state index < -0.39 is 12.2 Å². The minimum atomic E-state index is -0.754. The molecule has 0 atom stereocenters. The van der Waals surface area contributed by atoms with Crippen LogP contribution in [0.2, 0.25) is 0 Å². The lowest BCUT2D eigenvalue weighted by Gasteiger charge is -2.16. The van der Waals surface area contributed by atoms with Crippen molar-refractivity contribution in [2.75, 3.05) is 19.1 Å². The molecule has 8 heteroatoms. The number of amides is 2. The van der Waals surface area contributed by atoms with E-state index in [9.17, 15) is 9.59 Å². The van der Waals surface area contributed by atoms with Gasteiger partial charge in [0.25, 0.3) is 0 Å². The molecular formula is C10H11BNO6. The van der Waals surface area contributed by atoms with Crippen LogP contribution < -0.4 is 4.90 Å². The summed E-state index contributed by atoms with van der Waals surface area (Å²) >= 11 is 0. The van der Waals surface area contributed by atoms with Gasteiger partial charge in [0.1, 0.15) is 0 Å². The molecule has 2 N–H and O–H groups in total. The number of nitrogens with zero attached hydrogens (tertiary/aromatic N) is 1. The van der Waals surface area contributed by atoms with Crippen LogP contribution in [0.1, 0.15) is 0 Å². The van der Waals surface area contributed by atoms with Gasteiger partial charge in [-0.3, -0.25) is 0 Å². The van der Waals surface area contributed by atoms with Crippen molar-refractivity contribution in [3.8, 4) is 11.1 Å². The number of rotatable bonds is 1. The number of hydrogen-bond acceptors (Lipinski definition) is 6. The van der Waals surface area contributed by atoms with E-state index in [0.29, 0.717) is 5.69 Å². The Morgan fingerprint density at radius 2 is 1.67 bits per heavy atom. The Morgan fingerprint density at radius 1 is 1.17 bits per heavy atom. The highest BCUT2D eigenvalue weighted by molar-refractivity contribution is 6.14. The van der Waals surface area contributed by atoms with Gasteiger partial charge in [0.15, 0.2) is 0 Å². The van der Waals surface area contributed by atoms with E-state index in [1.54, 1.807) is 6.07 Å². The second-order valence-electron chi connectivity index (χ2n) is 3.12. The molecule has 2 rings (SSSR count). The summed E-state index contributed by atoms with van der Waals surface area (Å²) in [7, 11) is 2.42. The van der Waals surface area contributed by atoms with Gasteiger partial charge in [-0.25, -0.2) is 9.59 Å². The second kappa shape index (κ2) is 6.03. The van der Waals surface area contributed by atoms with E-state index in [0.717, 1.165) is 16.0 Å². The van der Waals surface area contributed by atoms with Crippen molar-refractivity contribution in [2.24, 2.45) is 0 Å². The van der Waals surface area contributed by atoms with E-state index >= 15 is 0 Å². The highest BCUT2D eigenvalue weighted by atomic mass is 16.6. The van der Waals surface area contributed by atoms with Crippen LogP contribution in [0, 0.1) is 0 Å². The highest BCUT2D eigenvalue weighted by Crippen LogP contribution is 2.44. The predicted molar refractivity (Wildman–Crippen MR) is 62.9 cm³/mol. The third-order valence-corrected chi connectivity index (χ3v) is 2.18. The van der Waals surface area contributed by atoms with E-state index in [1.807, 2.05) is 12.1 Å². The lowest BCUT2D eigenvalue weighted by atomic mass is 10.4. The number of carbonyl (C=O) groups is 2. The summed E-state index contributed by atoms with van der Waals surface area (Å²) in [5.74, 6) is 0. The molecule has 0 bridgehead atoms. The van der Waals surface area contributed by atoms with Gasteiger partial charge in [-0.1, -0.05) is 6.07 Å². The van der Waals surface area contributed by atoms with Crippen molar-refractivity contribution in [3.63, 3.8) is 0 Å². The first-order valence-electron chi connectivity index (χ1n) is 4.81. The molecule has 0 fully saturated rings. The third-order valence-electron chi connectivity index (χ3n) is 2.18. The molecule has 0 aromatic heterocycles. The molecule has 0 aromatic carbocycles. The number of ether oxygens (including phenoxy) is 2. The van der Waals surface area contributed by atoms with Gasteiger partial charge in [0.2, 0.25) is 0 Å². The van der Waals surface area contributed by atoms with Gasteiger partial charge >= 0.3 is 19.9 Å². The molecule has 0 saturated heterocycles. The number of imide groups is 1. The summed E-state index contributed by atoms with van der Waals surface area (Å²) in [4.78, 5) is 23.6. The minimum Gasteiger partial charge on any atom is -0.452 e. The number of methoxy groups -OCH3 is 2. The summed E-state index contributed by atoms with van der Waals surface area (Å²) in [6.45, 7) is 0. The Labute approximate surface area is 104 Å². The lowest BCUT2D eigenvalue weighted by Crippen LogP contribution is -2.36. The van der Waals surface area contributed by atoms with Crippen molar-refractivity contribution in [3.05, 3.63) is 18.2 Å². The topological polar surface area (TPSA) is 96.3 Å². The van der Waals surface area contributed by atoms with Crippen LogP contribution in [0.3, 0.4) is 0 Å². The number of fused-ring (bicyclic) bond motifs is 1. The molecule has 0 aliphatic heterocycles. The summed E-state index contributed by atoms with van der Waals surface area (Å²) in [6.07, 6.45) is -1.51. The van der Waals surface area contributed by atoms with Crippen LogP contribution in [-0.4, -0.2) is 44.1 Å². The summed E-state index contributed by atoms with van der Waals surface area (Å²) < 4.78 is 9.02. The molecule has 7 nitrogen and oxygen atoms in total.